The molecule has 1 aromatic carbocycles. The van der Waals surface area contributed by atoms with Crippen LogP contribution in [0.3, 0.4) is 0 Å². The van der Waals surface area contributed by atoms with E-state index in [-0.39, 0.29) is 37.1 Å². The first kappa shape index (κ1) is 23.1. The van der Waals surface area contributed by atoms with E-state index >= 15 is 0 Å². The molecule has 34 heavy (non-hydrogen) atoms. The molecule has 0 radical (unpaired) electrons. The van der Waals surface area contributed by atoms with Crippen molar-refractivity contribution in [2.75, 3.05) is 34.4 Å². The third kappa shape index (κ3) is 4.02. The number of nitrogens with one attached hydrogen (secondary N) is 1. The molecule has 0 saturated carbocycles. The minimum Gasteiger partial charge on any atom is -0.495 e. The highest BCUT2D eigenvalue weighted by Crippen LogP contribution is 2.38. The van der Waals surface area contributed by atoms with Gasteiger partial charge in [0.2, 0.25) is 17.6 Å². The van der Waals surface area contributed by atoms with Crippen LogP contribution in [-0.4, -0.2) is 72.4 Å². The standard InChI is InChI=1S/C24H26N4O6/c1-24(23(31)26-12-16-18(32-4)10-7-11-25-16)14-33-20-15-8-5-6-9-17(15)34-21(20)22(30)28(24)13-19(29)27(2)3/h5-11H,12-14H2,1-4H3,(H,26,31). The third-order valence-corrected chi connectivity index (χ3v) is 5.85. The van der Waals surface area contributed by atoms with Gasteiger partial charge in [0.05, 0.1) is 19.0 Å². The number of para-hydroxylation sites is 1. The Balaban J connectivity index is 1.69. The lowest BCUT2D eigenvalue weighted by atomic mass is 9.99. The smallest absolute Gasteiger partial charge is 0.295 e. The Morgan fingerprint density at radius 2 is 2.00 bits per heavy atom. The van der Waals surface area contributed by atoms with Crippen molar-refractivity contribution in [1.82, 2.24) is 20.1 Å². The van der Waals surface area contributed by atoms with Gasteiger partial charge in [0, 0.05) is 20.3 Å². The number of furan rings is 1. The fourth-order valence-electron chi connectivity index (χ4n) is 3.75. The van der Waals surface area contributed by atoms with Gasteiger partial charge in [-0.1, -0.05) is 12.1 Å². The molecule has 4 rings (SSSR count). The normalized spacial score (nSPS) is 17.5. The maximum atomic E-state index is 13.6. The van der Waals surface area contributed by atoms with Gasteiger partial charge in [-0.15, -0.1) is 0 Å². The molecule has 3 heterocycles. The van der Waals surface area contributed by atoms with Gasteiger partial charge in [-0.05, 0) is 31.2 Å². The molecule has 1 atom stereocenters. The van der Waals surface area contributed by atoms with Gasteiger partial charge >= 0.3 is 0 Å². The van der Waals surface area contributed by atoms with Crippen molar-refractivity contribution in [2.45, 2.75) is 19.0 Å². The molecular weight excluding hydrogens is 440 g/mol. The molecule has 0 saturated heterocycles. The van der Waals surface area contributed by atoms with Gasteiger partial charge in [-0.3, -0.25) is 19.4 Å². The van der Waals surface area contributed by atoms with Crippen LogP contribution in [-0.2, 0) is 16.1 Å². The molecule has 10 heteroatoms. The number of rotatable bonds is 6. The number of ether oxygens (including phenoxy) is 2. The molecule has 0 spiro atoms. The average Bonchev–Trinajstić information content (AvgIpc) is 3.18. The number of hydrogen-bond donors (Lipinski definition) is 1. The highest BCUT2D eigenvalue weighted by Gasteiger charge is 2.48. The number of likely N-dealkylation sites (N-methyl/N-ethyl adjacent to an activating group) is 1. The molecule has 1 N–H and O–H groups in total. The van der Waals surface area contributed by atoms with Gasteiger partial charge in [0.1, 0.15) is 30.2 Å². The predicted molar refractivity (Wildman–Crippen MR) is 122 cm³/mol. The summed E-state index contributed by atoms with van der Waals surface area (Å²) in [4.78, 5) is 46.5. The Labute approximate surface area is 196 Å². The lowest BCUT2D eigenvalue weighted by molar-refractivity contribution is -0.137. The van der Waals surface area contributed by atoms with Gasteiger partial charge in [0.15, 0.2) is 11.3 Å². The Morgan fingerprint density at radius 1 is 1.24 bits per heavy atom. The molecule has 0 fully saturated rings. The van der Waals surface area contributed by atoms with Crippen LogP contribution in [0, 0.1) is 0 Å². The van der Waals surface area contributed by atoms with E-state index in [0.29, 0.717) is 22.4 Å². The average molecular weight is 466 g/mol. The molecule has 178 valence electrons. The third-order valence-electron chi connectivity index (χ3n) is 5.85. The van der Waals surface area contributed by atoms with Crippen LogP contribution in [0.25, 0.3) is 11.0 Å². The van der Waals surface area contributed by atoms with Gasteiger partial charge in [-0.25, -0.2) is 0 Å². The Kier molecular flexibility index (Phi) is 6.14. The molecule has 2 aromatic heterocycles. The number of nitrogens with zero attached hydrogens (tertiary/aromatic N) is 3. The summed E-state index contributed by atoms with van der Waals surface area (Å²) in [6.45, 7) is 1.12. The number of carbonyl (C=O) groups excluding carboxylic acids is 3. The van der Waals surface area contributed by atoms with Crippen LogP contribution in [0.2, 0.25) is 0 Å². The Bertz CT molecular complexity index is 1250. The number of amides is 3. The van der Waals surface area contributed by atoms with Gasteiger partial charge in [-0.2, -0.15) is 0 Å². The maximum absolute atomic E-state index is 13.6. The van der Waals surface area contributed by atoms with Crippen molar-refractivity contribution in [2.24, 2.45) is 0 Å². The molecule has 3 amide bonds. The quantitative estimate of drug-likeness (QED) is 0.590. The van der Waals surface area contributed by atoms with Crippen LogP contribution in [0.5, 0.6) is 11.5 Å². The number of carbonyl (C=O) groups is 3. The largest absolute Gasteiger partial charge is 0.495 e. The van der Waals surface area contributed by atoms with Crippen LogP contribution < -0.4 is 14.8 Å². The number of aromatic nitrogens is 1. The van der Waals surface area contributed by atoms with Crippen LogP contribution in [0.4, 0.5) is 0 Å². The summed E-state index contributed by atoms with van der Waals surface area (Å²) in [5.74, 6) is -0.729. The molecular formula is C24H26N4O6. The van der Waals surface area contributed by atoms with E-state index in [4.69, 9.17) is 13.9 Å². The maximum Gasteiger partial charge on any atom is 0.295 e. The van der Waals surface area contributed by atoms with Crippen molar-refractivity contribution in [1.29, 1.82) is 0 Å². The van der Waals surface area contributed by atoms with Crippen molar-refractivity contribution in [3.05, 3.63) is 54.0 Å². The summed E-state index contributed by atoms with van der Waals surface area (Å²) < 4.78 is 17.1. The summed E-state index contributed by atoms with van der Waals surface area (Å²) in [6.07, 6.45) is 1.59. The zero-order valence-corrected chi connectivity index (χ0v) is 19.5. The molecule has 0 aliphatic carbocycles. The van der Waals surface area contributed by atoms with Crippen molar-refractivity contribution >= 4 is 28.7 Å². The summed E-state index contributed by atoms with van der Waals surface area (Å²) in [5, 5.41) is 3.43. The first-order valence-electron chi connectivity index (χ1n) is 10.7. The van der Waals surface area contributed by atoms with Crippen molar-refractivity contribution in [3.63, 3.8) is 0 Å². The number of methoxy groups -OCH3 is 1. The summed E-state index contributed by atoms with van der Waals surface area (Å²) >= 11 is 0. The molecule has 1 aliphatic rings. The number of benzene rings is 1. The number of hydrogen-bond acceptors (Lipinski definition) is 7. The topological polar surface area (TPSA) is 114 Å². The van der Waals surface area contributed by atoms with Crippen LogP contribution >= 0.6 is 0 Å². The monoisotopic (exact) mass is 466 g/mol. The van der Waals surface area contributed by atoms with E-state index in [2.05, 4.69) is 10.3 Å². The van der Waals surface area contributed by atoms with E-state index in [9.17, 15) is 14.4 Å². The zero-order chi connectivity index (χ0) is 24.5. The first-order valence-corrected chi connectivity index (χ1v) is 10.7. The van der Waals surface area contributed by atoms with E-state index in [0.717, 1.165) is 0 Å². The zero-order valence-electron chi connectivity index (χ0n) is 19.5. The summed E-state index contributed by atoms with van der Waals surface area (Å²) in [7, 11) is 4.68. The minimum absolute atomic E-state index is 0.0457. The SMILES string of the molecule is COc1cccnc1CNC(=O)C1(C)COc2c(oc3ccccc23)C(=O)N1CC(=O)N(C)C. The molecule has 1 unspecified atom stereocenters. The highest BCUT2D eigenvalue weighted by atomic mass is 16.5. The second-order valence-electron chi connectivity index (χ2n) is 8.33. The Hall–Kier alpha value is -4.08. The molecule has 3 aromatic rings. The predicted octanol–water partition coefficient (Wildman–Crippen LogP) is 1.83. The molecule has 10 nitrogen and oxygen atoms in total. The van der Waals surface area contributed by atoms with Crippen molar-refractivity contribution < 1.29 is 28.3 Å². The number of pyridine rings is 1. The fraction of sp³-hybridized carbons (Fsp3) is 0.333. The van der Waals surface area contributed by atoms with Crippen LogP contribution in [0.1, 0.15) is 23.2 Å². The Morgan fingerprint density at radius 3 is 2.74 bits per heavy atom. The second kappa shape index (κ2) is 9.05. The van der Waals surface area contributed by atoms with E-state index < -0.39 is 17.4 Å². The molecule has 1 aliphatic heterocycles. The fourth-order valence-corrected chi connectivity index (χ4v) is 3.75. The minimum atomic E-state index is -1.51. The highest BCUT2D eigenvalue weighted by molar-refractivity contribution is 6.05. The summed E-state index contributed by atoms with van der Waals surface area (Å²) in [6, 6.07) is 10.5. The van der Waals surface area contributed by atoms with E-state index in [1.807, 2.05) is 0 Å². The van der Waals surface area contributed by atoms with E-state index in [1.165, 1.54) is 16.9 Å². The van der Waals surface area contributed by atoms with Gasteiger partial charge < -0.3 is 29.0 Å². The summed E-state index contributed by atoms with van der Waals surface area (Å²) in [5.41, 5.74) is -0.500. The first-order chi connectivity index (χ1) is 16.3. The van der Waals surface area contributed by atoms with Crippen molar-refractivity contribution in [3.8, 4) is 11.5 Å². The second-order valence-corrected chi connectivity index (χ2v) is 8.33. The van der Waals surface area contributed by atoms with E-state index in [1.54, 1.807) is 63.6 Å². The lowest BCUT2D eigenvalue weighted by Gasteiger charge is -2.37. The number of fused-ring (bicyclic) bond motifs is 3. The van der Waals surface area contributed by atoms with Crippen LogP contribution in [0.15, 0.2) is 47.0 Å². The lowest BCUT2D eigenvalue weighted by Crippen LogP contribution is -2.62. The molecule has 0 bridgehead atoms. The van der Waals surface area contributed by atoms with Gasteiger partial charge in [0.25, 0.3) is 5.91 Å².